The van der Waals surface area contributed by atoms with E-state index in [1.165, 1.54) is 29.6 Å². The van der Waals surface area contributed by atoms with Crippen molar-refractivity contribution in [3.63, 3.8) is 0 Å². The first kappa shape index (κ1) is 19.5. The molecule has 0 fully saturated rings. The third-order valence-corrected chi connectivity index (χ3v) is 5.04. The van der Waals surface area contributed by atoms with Gasteiger partial charge in [0.2, 0.25) is 18.6 Å². The van der Waals surface area contributed by atoms with Crippen molar-refractivity contribution >= 4 is 23.1 Å². The van der Waals surface area contributed by atoms with Crippen LogP contribution < -0.4 is 26.0 Å². The predicted octanol–water partition coefficient (Wildman–Crippen LogP) is -0.225. The summed E-state index contributed by atoms with van der Waals surface area (Å²) in [5.74, 6) is 1.12. The maximum absolute atomic E-state index is 12.5. The number of hydrogen-bond donors (Lipinski definition) is 1. The van der Waals surface area contributed by atoms with E-state index in [4.69, 9.17) is 13.9 Å². The molecule has 4 heterocycles. The Kier molecular flexibility index (Phi) is 4.50. The lowest BCUT2D eigenvalue weighted by Crippen LogP contribution is -2.37. The van der Waals surface area contributed by atoms with Crippen molar-refractivity contribution in [3.05, 3.63) is 56.8 Å². The molecular weight excluding hydrogens is 422 g/mol. The Morgan fingerprint density at radius 1 is 1.12 bits per heavy atom. The lowest BCUT2D eigenvalue weighted by atomic mass is 10.1. The molecule has 0 atom stereocenters. The maximum atomic E-state index is 12.5. The number of nitrogens with one attached hydrogen (secondary N) is 1. The maximum Gasteiger partial charge on any atom is 0.332 e. The van der Waals surface area contributed by atoms with Crippen molar-refractivity contribution in [1.29, 1.82) is 0 Å². The highest BCUT2D eigenvalue weighted by molar-refractivity contribution is 5.89. The van der Waals surface area contributed by atoms with E-state index in [9.17, 15) is 14.4 Å². The number of fused-ring (bicyclic) bond motifs is 2. The van der Waals surface area contributed by atoms with Gasteiger partial charge >= 0.3 is 11.7 Å². The summed E-state index contributed by atoms with van der Waals surface area (Å²) in [7, 11) is 2.86. The molecular formula is C19H17N7O6. The molecule has 1 aliphatic heterocycles. The van der Waals surface area contributed by atoms with Crippen LogP contribution in [0.5, 0.6) is 11.5 Å². The number of anilines is 1. The monoisotopic (exact) mass is 439 g/mol. The highest BCUT2D eigenvalue weighted by Gasteiger charge is 2.18. The third kappa shape index (κ3) is 3.29. The van der Waals surface area contributed by atoms with Crippen LogP contribution in [0.1, 0.15) is 11.5 Å². The SMILES string of the molecule is Cn1c(=O)c2c(ncn2CC(=O)Nc2nnc(Cc3ccc4c(c3)OCO4)o2)n(C)c1=O. The van der Waals surface area contributed by atoms with Crippen LogP contribution in [0.25, 0.3) is 11.2 Å². The van der Waals surface area contributed by atoms with E-state index < -0.39 is 17.2 Å². The predicted molar refractivity (Wildman–Crippen MR) is 109 cm³/mol. The molecule has 1 N–H and O–H groups in total. The smallest absolute Gasteiger partial charge is 0.332 e. The molecule has 1 amide bonds. The summed E-state index contributed by atoms with van der Waals surface area (Å²) >= 11 is 0. The summed E-state index contributed by atoms with van der Waals surface area (Å²) in [6, 6.07) is 5.40. The number of benzene rings is 1. The van der Waals surface area contributed by atoms with Crippen LogP contribution in [-0.2, 0) is 31.9 Å². The van der Waals surface area contributed by atoms with Crippen LogP contribution in [0, 0.1) is 0 Å². The largest absolute Gasteiger partial charge is 0.454 e. The average molecular weight is 439 g/mol. The Morgan fingerprint density at radius 3 is 2.78 bits per heavy atom. The van der Waals surface area contributed by atoms with E-state index in [0.29, 0.717) is 23.8 Å². The van der Waals surface area contributed by atoms with Crippen molar-refractivity contribution in [2.45, 2.75) is 13.0 Å². The zero-order chi connectivity index (χ0) is 22.4. The number of ether oxygens (including phenoxy) is 2. The molecule has 1 aromatic carbocycles. The van der Waals surface area contributed by atoms with E-state index >= 15 is 0 Å². The lowest BCUT2D eigenvalue weighted by Gasteiger charge is -2.06. The van der Waals surface area contributed by atoms with E-state index in [-0.39, 0.29) is 30.5 Å². The number of aromatic nitrogens is 6. The zero-order valence-electron chi connectivity index (χ0n) is 17.1. The van der Waals surface area contributed by atoms with E-state index in [1.54, 1.807) is 6.07 Å². The van der Waals surface area contributed by atoms with E-state index in [2.05, 4.69) is 20.5 Å². The van der Waals surface area contributed by atoms with Gasteiger partial charge in [-0.2, -0.15) is 0 Å². The van der Waals surface area contributed by atoms with Gasteiger partial charge in [-0.05, 0) is 17.7 Å². The van der Waals surface area contributed by atoms with Crippen molar-refractivity contribution in [3.8, 4) is 11.5 Å². The van der Waals surface area contributed by atoms with Crippen molar-refractivity contribution in [1.82, 2.24) is 28.9 Å². The second-order valence-electron chi connectivity index (χ2n) is 7.16. The molecule has 0 unspecified atom stereocenters. The van der Waals surface area contributed by atoms with E-state index in [0.717, 1.165) is 10.1 Å². The molecule has 0 saturated heterocycles. The Morgan fingerprint density at radius 2 is 1.94 bits per heavy atom. The third-order valence-electron chi connectivity index (χ3n) is 5.04. The fourth-order valence-electron chi connectivity index (χ4n) is 3.43. The van der Waals surface area contributed by atoms with Crippen molar-refractivity contribution in [2.24, 2.45) is 14.1 Å². The van der Waals surface area contributed by atoms with Gasteiger partial charge in [0, 0.05) is 14.1 Å². The van der Waals surface area contributed by atoms with Crippen LogP contribution in [0.4, 0.5) is 6.01 Å². The number of aryl methyl sites for hydroxylation is 1. The highest BCUT2D eigenvalue weighted by Crippen LogP contribution is 2.33. The topological polar surface area (TPSA) is 148 Å². The standard InChI is InChI=1S/C19H17N7O6/c1-24-16-15(17(28)25(2)19(24)29)26(8-20-16)7-13(27)21-18-23-22-14(32-18)6-10-3-4-11-12(5-10)31-9-30-11/h3-5,8H,6-7,9H2,1-2H3,(H,21,23,27). The second kappa shape index (κ2) is 7.37. The summed E-state index contributed by atoms with van der Waals surface area (Å²) in [6.07, 6.45) is 1.67. The first-order valence-electron chi connectivity index (χ1n) is 9.52. The van der Waals surface area contributed by atoms with Gasteiger partial charge in [-0.1, -0.05) is 11.2 Å². The van der Waals surface area contributed by atoms with Crippen molar-refractivity contribution < 1.29 is 18.7 Å². The second-order valence-corrected chi connectivity index (χ2v) is 7.16. The van der Waals surface area contributed by atoms with Gasteiger partial charge in [-0.3, -0.25) is 24.0 Å². The minimum atomic E-state index is -0.544. The zero-order valence-corrected chi connectivity index (χ0v) is 17.1. The molecule has 0 aliphatic carbocycles. The Labute approximate surface area is 178 Å². The molecule has 0 bridgehead atoms. The number of carbonyl (C=O) groups is 1. The quantitative estimate of drug-likeness (QED) is 0.445. The van der Waals surface area contributed by atoms with E-state index in [1.807, 2.05) is 12.1 Å². The van der Waals surface area contributed by atoms with Crippen LogP contribution in [-0.4, -0.2) is 41.6 Å². The van der Waals surface area contributed by atoms with Gasteiger partial charge in [-0.15, -0.1) is 5.10 Å². The Hall–Kier alpha value is -4.42. The van der Waals surface area contributed by atoms with Crippen LogP contribution in [0.15, 0.2) is 38.5 Å². The molecule has 1 aliphatic rings. The van der Waals surface area contributed by atoms with Gasteiger partial charge in [-0.25, -0.2) is 9.78 Å². The number of amides is 1. The van der Waals surface area contributed by atoms with Gasteiger partial charge < -0.3 is 18.5 Å². The summed E-state index contributed by atoms with van der Waals surface area (Å²) < 4.78 is 19.7. The van der Waals surface area contributed by atoms with Gasteiger partial charge in [0.05, 0.1) is 12.7 Å². The number of carbonyl (C=O) groups excluding carboxylic acids is 1. The summed E-state index contributed by atoms with van der Waals surface area (Å²) in [5, 5.41) is 10.3. The van der Waals surface area contributed by atoms with Gasteiger partial charge in [0.1, 0.15) is 6.54 Å². The molecule has 0 radical (unpaired) electrons. The number of hydrogen-bond acceptors (Lipinski definition) is 9. The Balaban J connectivity index is 1.30. The molecule has 0 saturated carbocycles. The number of imidazole rings is 1. The first-order chi connectivity index (χ1) is 15.4. The summed E-state index contributed by atoms with van der Waals surface area (Å²) in [5.41, 5.74) is 0.158. The van der Waals surface area contributed by atoms with Gasteiger partial charge in [0.15, 0.2) is 22.7 Å². The van der Waals surface area contributed by atoms with Gasteiger partial charge in [0.25, 0.3) is 5.56 Å². The summed E-state index contributed by atoms with van der Waals surface area (Å²) in [4.78, 5) is 41.0. The van der Waals surface area contributed by atoms with Crippen molar-refractivity contribution in [2.75, 3.05) is 12.1 Å². The fourth-order valence-corrected chi connectivity index (χ4v) is 3.43. The summed E-state index contributed by atoms with van der Waals surface area (Å²) in [6.45, 7) is -0.0477. The molecule has 13 nitrogen and oxygen atoms in total. The first-order valence-corrected chi connectivity index (χ1v) is 9.52. The highest BCUT2D eigenvalue weighted by atomic mass is 16.7. The normalized spacial score (nSPS) is 12.4. The molecule has 32 heavy (non-hydrogen) atoms. The average Bonchev–Trinajstić information content (AvgIpc) is 3.50. The number of nitrogens with zero attached hydrogens (tertiary/aromatic N) is 6. The fraction of sp³-hybridized carbons (Fsp3) is 0.263. The molecule has 164 valence electrons. The van der Waals surface area contributed by atoms with Crippen LogP contribution in [0.3, 0.4) is 0 Å². The molecule has 5 rings (SSSR count). The van der Waals surface area contributed by atoms with Crippen LogP contribution in [0.2, 0.25) is 0 Å². The molecule has 13 heteroatoms. The molecule has 0 spiro atoms. The minimum absolute atomic E-state index is 0.0736. The molecule has 3 aromatic heterocycles. The van der Waals surface area contributed by atoms with Crippen LogP contribution >= 0.6 is 0 Å². The molecule has 4 aromatic rings. The number of rotatable bonds is 5. The lowest BCUT2D eigenvalue weighted by molar-refractivity contribution is -0.116. The Bertz CT molecular complexity index is 1480. The minimum Gasteiger partial charge on any atom is -0.454 e.